The van der Waals surface area contributed by atoms with Gasteiger partial charge in [-0.2, -0.15) is 0 Å². The maximum absolute atomic E-state index is 11.8. The van der Waals surface area contributed by atoms with Gasteiger partial charge in [0.2, 0.25) is 0 Å². The lowest BCUT2D eigenvalue weighted by Gasteiger charge is -2.10. The number of nitrogens with one attached hydrogen (secondary N) is 1. The van der Waals surface area contributed by atoms with E-state index in [0.29, 0.717) is 24.7 Å². The van der Waals surface area contributed by atoms with Gasteiger partial charge in [-0.3, -0.25) is 9.63 Å². The fourth-order valence-corrected chi connectivity index (χ4v) is 2.09. The van der Waals surface area contributed by atoms with Crippen molar-refractivity contribution in [2.45, 2.75) is 20.0 Å². The van der Waals surface area contributed by atoms with E-state index in [1.807, 2.05) is 55.5 Å². The average molecular weight is 341 g/mol. The van der Waals surface area contributed by atoms with Gasteiger partial charge < -0.3 is 9.47 Å². The van der Waals surface area contributed by atoms with Crippen LogP contribution in [0.3, 0.4) is 0 Å². The summed E-state index contributed by atoms with van der Waals surface area (Å²) < 4.78 is 10.9. The van der Waals surface area contributed by atoms with Crippen LogP contribution in [-0.4, -0.2) is 19.6 Å². The number of hydroxylamine groups is 1. The van der Waals surface area contributed by atoms with Crippen LogP contribution in [0.15, 0.2) is 54.6 Å². The summed E-state index contributed by atoms with van der Waals surface area (Å²) in [7, 11) is 1.59. The molecule has 0 atom stereocenters. The molecule has 0 fully saturated rings. The van der Waals surface area contributed by atoms with Gasteiger partial charge in [-0.05, 0) is 35.8 Å². The van der Waals surface area contributed by atoms with E-state index >= 15 is 0 Å². The molecule has 0 spiro atoms. The molecule has 0 radical (unpaired) electrons. The van der Waals surface area contributed by atoms with Gasteiger partial charge in [0, 0.05) is 6.08 Å². The minimum absolute atomic E-state index is 0.317. The summed E-state index contributed by atoms with van der Waals surface area (Å²) in [4.78, 5) is 17.0. The molecule has 2 rings (SSSR count). The number of amides is 1. The Labute approximate surface area is 148 Å². The van der Waals surface area contributed by atoms with Crippen LogP contribution in [0.1, 0.15) is 24.5 Å². The Morgan fingerprint density at radius 1 is 1.12 bits per heavy atom. The second-order valence-electron chi connectivity index (χ2n) is 5.33. The molecule has 0 unspecified atom stereocenters. The van der Waals surface area contributed by atoms with Crippen LogP contribution in [0.5, 0.6) is 11.5 Å². The Balaban J connectivity index is 1.86. The Hall–Kier alpha value is -2.79. The number of ether oxygens (including phenoxy) is 2. The summed E-state index contributed by atoms with van der Waals surface area (Å²) in [6.45, 7) is 2.99. The lowest BCUT2D eigenvalue weighted by molar-refractivity contribution is -0.129. The molecule has 25 heavy (non-hydrogen) atoms. The number of hydrogen-bond acceptors (Lipinski definition) is 4. The van der Waals surface area contributed by atoms with Crippen molar-refractivity contribution in [3.8, 4) is 11.5 Å². The number of carbonyl (C=O) groups excluding carboxylic acids is 1. The highest BCUT2D eigenvalue weighted by atomic mass is 16.6. The zero-order valence-corrected chi connectivity index (χ0v) is 14.5. The minimum atomic E-state index is -0.332. The Morgan fingerprint density at radius 2 is 1.92 bits per heavy atom. The van der Waals surface area contributed by atoms with Gasteiger partial charge in [-0.25, -0.2) is 5.48 Å². The van der Waals surface area contributed by atoms with Crippen molar-refractivity contribution in [2.24, 2.45) is 0 Å². The molecule has 0 saturated heterocycles. The third kappa shape index (κ3) is 6.31. The van der Waals surface area contributed by atoms with Crippen molar-refractivity contribution in [2.75, 3.05) is 13.7 Å². The molecule has 0 bridgehead atoms. The van der Waals surface area contributed by atoms with E-state index in [1.54, 1.807) is 13.2 Å². The van der Waals surface area contributed by atoms with Crippen molar-refractivity contribution in [1.29, 1.82) is 0 Å². The van der Waals surface area contributed by atoms with Gasteiger partial charge in [0.15, 0.2) is 11.5 Å². The zero-order valence-electron chi connectivity index (χ0n) is 14.5. The summed E-state index contributed by atoms with van der Waals surface area (Å²) in [6.07, 6.45) is 4.02. The van der Waals surface area contributed by atoms with Crippen LogP contribution in [0, 0.1) is 0 Å². The van der Waals surface area contributed by atoms with Crippen LogP contribution >= 0.6 is 0 Å². The molecule has 0 aliphatic heterocycles. The molecule has 0 aliphatic rings. The molecule has 0 aliphatic carbocycles. The average Bonchev–Trinajstić information content (AvgIpc) is 2.65. The Bertz CT molecular complexity index is 698. The lowest BCUT2D eigenvalue weighted by Crippen LogP contribution is -2.21. The summed E-state index contributed by atoms with van der Waals surface area (Å²) in [5.41, 5.74) is 4.21. The molecule has 5 heteroatoms. The highest BCUT2D eigenvalue weighted by Gasteiger charge is 2.04. The molecule has 1 N–H and O–H groups in total. The number of rotatable bonds is 9. The minimum Gasteiger partial charge on any atom is -0.493 e. The Kier molecular flexibility index (Phi) is 7.53. The molecule has 0 saturated carbocycles. The molecule has 0 heterocycles. The second kappa shape index (κ2) is 10.2. The van der Waals surface area contributed by atoms with Crippen LogP contribution < -0.4 is 15.0 Å². The van der Waals surface area contributed by atoms with E-state index in [0.717, 1.165) is 17.5 Å². The van der Waals surface area contributed by atoms with Crippen molar-refractivity contribution < 1.29 is 19.1 Å². The first-order chi connectivity index (χ1) is 12.2. The van der Waals surface area contributed by atoms with Crippen LogP contribution in [0.4, 0.5) is 0 Å². The molecule has 132 valence electrons. The third-order valence-electron chi connectivity index (χ3n) is 3.33. The van der Waals surface area contributed by atoms with Crippen molar-refractivity contribution in [3.05, 3.63) is 65.7 Å². The van der Waals surface area contributed by atoms with Crippen molar-refractivity contribution in [1.82, 2.24) is 5.48 Å². The maximum atomic E-state index is 11.8. The predicted octanol–water partition coefficient (Wildman–Crippen LogP) is 3.75. The van der Waals surface area contributed by atoms with Crippen LogP contribution in [0.2, 0.25) is 0 Å². The van der Waals surface area contributed by atoms with Gasteiger partial charge in [0.25, 0.3) is 5.91 Å². The Morgan fingerprint density at radius 3 is 2.64 bits per heavy atom. The first kappa shape index (κ1) is 18.5. The monoisotopic (exact) mass is 341 g/mol. The number of benzene rings is 2. The van der Waals surface area contributed by atoms with Gasteiger partial charge in [-0.1, -0.05) is 43.3 Å². The zero-order chi connectivity index (χ0) is 17.9. The van der Waals surface area contributed by atoms with E-state index in [9.17, 15) is 4.79 Å². The van der Waals surface area contributed by atoms with Crippen LogP contribution in [0.25, 0.3) is 6.08 Å². The topological polar surface area (TPSA) is 56.8 Å². The summed E-state index contributed by atoms with van der Waals surface area (Å²) >= 11 is 0. The van der Waals surface area contributed by atoms with E-state index in [2.05, 4.69) is 5.48 Å². The van der Waals surface area contributed by atoms with Crippen molar-refractivity contribution >= 4 is 12.0 Å². The standard InChI is InChI=1S/C20H23NO4/c1-3-13-24-18-11-9-16(14-19(18)23-2)10-12-20(22)21-25-15-17-7-5-4-6-8-17/h4-12,14H,3,13,15H2,1-2H3,(H,21,22). The fraction of sp³-hybridized carbons (Fsp3) is 0.250. The summed E-state index contributed by atoms with van der Waals surface area (Å²) in [6, 6.07) is 15.1. The SMILES string of the molecule is CCCOc1ccc(C=CC(=O)NOCc2ccccc2)cc1OC. The van der Waals surface area contributed by atoms with Gasteiger partial charge in [-0.15, -0.1) is 0 Å². The summed E-state index contributed by atoms with van der Waals surface area (Å²) in [5.74, 6) is 0.995. The second-order valence-corrected chi connectivity index (χ2v) is 5.33. The molecular weight excluding hydrogens is 318 g/mol. The fourth-order valence-electron chi connectivity index (χ4n) is 2.09. The van der Waals surface area contributed by atoms with E-state index in [1.165, 1.54) is 6.08 Å². The predicted molar refractivity (Wildman–Crippen MR) is 97.2 cm³/mol. The highest BCUT2D eigenvalue weighted by molar-refractivity contribution is 5.91. The third-order valence-corrected chi connectivity index (χ3v) is 3.33. The normalized spacial score (nSPS) is 10.6. The molecule has 1 amide bonds. The molecular formula is C20H23NO4. The van der Waals surface area contributed by atoms with Gasteiger partial charge in [0.1, 0.15) is 0 Å². The smallest absolute Gasteiger partial charge is 0.267 e. The molecule has 2 aromatic carbocycles. The first-order valence-corrected chi connectivity index (χ1v) is 8.17. The molecule has 2 aromatic rings. The number of methoxy groups -OCH3 is 1. The highest BCUT2D eigenvalue weighted by Crippen LogP contribution is 2.28. The largest absolute Gasteiger partial charge is 0.493 e. The maximum Gasteiger partial charge on any atom is 0.267 e. The lowest BCUT2D eigenvalue weighted by atomic mass is 10.2. The van der Waals surface area contributed by atoms with E-state index < -0.39 is 0 Å². The first-order valence-electron chi connectivity index (χ1n) is 8.17. The summed E-state index contributed by atoms with van der Waals surface area (Å²) in [5, 5.41) is 0. The van der Waals surface area contributed by atoms with Crippen molar-refractivity contribution in [3.63, 3.8) is 0 Å². The quantitative estimate of drug-likeness (QED) is 0.557. The van der Waals surface area contributed by atoms with E-state index in [4.69, 9.17) is 14.3 Å². The molecule has 5 nitrogen and oxygen atoms in total. The van der Waals surface area contributed by atoms with Crippen LogP contribution in [-0.2, 0) is 16.2 Å². The number of hydrogen-bond donors (Lipinski definition) is 1. The number of carbonyl (C=O) groups is 1. The molecule has 0 aromatic heterocycles. The van der Waals surface area contributed by atoms with Gasteiger partial charge >= 0.3 is 0 Å². The van der Waals surface area contributed by atoms with E-state index in [-0.39, 0.29) is 5.91 Å². The van der Waals surface area contributed by atoms with Gasteiger partial charge in [0.05, 0.1) is 20.3 Å².